The van der Waals surface area contributed by atoms with E-state index in [1.54, 1.807) is 34.9 Å². The molecule has 1 aliphatic heterocycles. The molecule has 2 fully saturated rings. The molecule has 0 N–H and O–H groups in total. The van der Waals surface area contributed by atoms with E-state index in [1.807, 2.05) is 38.2 Å². The lowest BCUT2D eigenvalue weighted by Crippen LogP contribution is -2.50. The Morgan fingerprint density at radius 3 is 2.53 bits per heavy atom. The summed E-state index contributed by atoms with van der Waals surface area (Å²) in [5.74, 6) is 1.30. The highest BCUT2D eigenvalue weighted by Crippen LogP contribution is 2.38. The standard InChI is InChI=1S/C34H36ClN5O4S/c1-3-38-20-28(26-15-16-40(31(26)33(38)41)45(42,43)25-12-9-22(2)10-13-25)24-11-14-29-27(19-24)32(37-34(35)36-29)39-17-18-44-21-30(39)23-7-5-4-6-8-23/h9-16,19-20,23,30H,3-8,17-18,21H2,1-2H3/t30-/m1/s1. The monoisotopic (exact) mass is 645 g/mol. The van der Waals surface area contributed by atoms with Gasteiger partial charge in [-0.2, -0.15) is 4.98 Å². The van der Waals surface area contributed by atoms with Gasteiger partial charge in [0.15, 0.2) is 0 Å². The number of rotatable bonds is 6. The number of aryl methyl sites for hydroxylation is 2. The molecular weight excluding hydrogens is 610 g/mol. The zero-order valence-electron chi connectivity index (χ0n) is 25.4. The Balaban J connectivity index is 1.40. The molecule has 3 aromatic heterocycles. The number of morpholine rings is 1. The smallest absolute Gasteiger partial charge is 0.276 e. The summed E-state index contributed by atoms with van der Waals surface area (Å²) >= 11 is 6.50. The zero-order chi connectivity index (χ0) is 31.3. The van der Waals surface area contributed by atoms with Crippen LogP contribution >= 0.6 is 11.6 Å². The number of pyridine rings is 1. The molecule has 2 aromatic carbocycles. The number of nitrogens with zero attached hydrogens (tertiary/aromatic N) is 5. The van der Waals surface area contributed by atoms with Gasteiger partial charge in [-0.05, 0) is 80.1 Å². The lowest BCUT2D eigenvalue weighted by molar-refractivity contribution is 0.0674. The van der Waals surface area contributed by atoms with Crippen LogP contribution in [0.25, 0.3) is 32.9 Å². The number of halogens is 1. The van der Waals surface area contributed by atoms with Gasteiger partial charge in [0, 0.05) is 41.8 Å². The van der Waals surface area contributed by atoms with Gasteiger partial charge in [-0.1, -0.05) is 43.0 Å². The highest BCUT2D eigenvalue weighted by atomic mass is 35.5. The summed E-state index contributed by atoms with van der Waals surface area (Å²) in [6.07, 6.45) is 9.36. The Kier molecular flexibility index (Phi) is 7.91. The fourth-order valence-electron chi connectivity index (χ4n) is 7.02. The van der Waals surface area contributed by atoms with Crippen molar-refractivity contribution in [2.45, 2.75) is 63.4 Å². The van der Waals surface area contributed by atoms with Crippen molar-refractivity contribution in [3.8, 4) is 11.1 Å². The number of anilines is 1. The van der Waals surface area contributed by atoms with E-state index in [1.165, 1.54) is 38.3 Å². The summed E-state index contributed by atoms with van der Waals surface area (Å²) in [5.41, 5.74) is 3.00. The van der Waals surface area contributed by atoms with Gasteiger partial charge in [-0.25, -0.2) is 17.4 Å². The highest BCUT2D eigenvalue weighted by Gasteiger charge is 2.33. The average Bonchev–Trinajstić information content (AvgIpc) is 3.52. The Morgan fingerprint density at radius 2 is 1.78 bits per heavy atom. The van der Waals surface area contributed by atoms with Crippen LogP contribution in [0.15, 0.2) is 70.6 Å². The topological polar surface area (TPSA) is 99.3 Å². The van der Waals surface area contributed by atoms with E-state index < -0.39 is 10.0 Å². The number of fused-ring (bicyclic) bond motifs is 2. The molecule has 11 heteroatoms. The predicted molar refractivity (Wildman–Crippen MR) is 178 cm³/mol. The molecule has 2 aliphatic rings. The lowest BCUT2D eigenvalue weighted by Gasteiger charge is -2.42. The number of benzene rings is 2. The molecule has 5 aromatic rings. The average molecular weight is 646 g/mol. The molecule has 234 valence electrons. The maximum absolute atomic E-state index is 13.8. The summed E-state index contributed by atoms with van der Waals surface area (Å²) in [4.78, 5) is 25.5. The molecule has 0 amide bonds. The van der Waals surface area contributed by atoms with Crippen LogP contribution in [-0.2, 0) is 21.3 Å². The van der Waals surface area contributed by atoms with Crippen LogP contribution in [0.3, 0.4) is 0 Å². The second-order valence-corrected chi connectivity index (χ2v) is 14.3. The summed E-state index contributed by atoms with van der Waals surface area (Å²) in [6.45, 7) is 6.12. The van der Waals surface area contributed by atoms with Crippen molar-refractivity contribution in [1.82, 2.24) is 18.5 Å². The number of hydrogen-bond donors (Lipinski definition) is 0. The van der Waals surface area contributed by atoms with Crippen LogP contribution < -0.4 is 10.5 Å². The minimum atomic E-state index is -4.01. The van der Waals surface area contributed by atoms with Gasteiger partial charge in [0.1, 0.15) is 11.3 Å². The molecule has 1 aliphatic carbocycles. The summed E-state index contributed by atoms with van der Waals surface area (Å²) in [6, 6.07) is 14.5. The lowest BCUT2D eigenvalue weighted by atomic mass is 9.83. The predicted octanol–water partition coefficient (Wildman–Crippen LogP) is 6.42. The molecule has 0 unspecified atom stereocenters. The Labute approximate surface area is 267 Å². The highest BCUT2D eigenvalue weighted by molar-refractivity contribution is 7.90. The van der Waals surface area contributed by atoms with E-state index in [2.05, 4.69) is 9.88 Å². The SMILES string of the molecule is CCn1cc(-c2ccc3nc(Cl)nc(N4CCOC[C@@H]4C4CCCCC4)c3c2)c2ccn(S(=O)(=O)c3ccc(C)cc3)c2c1=O. The van der Waals surface area contributed by atoms with Crippen molar-refractivity contribution >= 4 is 49.2 Å². The fraction of sp³-hybridized carbons (Fsp3) is 0.382. The molecule has 1 atom stereocenters. The van der Waals surface area contributed by atoms with Crippen LogP contribution in [0.1, 0.15) is 44.6 Å². The van der Waals surface area contributed by atoms with Gasteiger partial charge < -0.3 is 14.2 Å². The second-order valence-electron chi connectivity index (χ2n) is 12.1. The summed E-state index contributed by atoms with van der Waals surface area (Å²) in [5, 5.41) is 1.61. The molecular formula is C34H36ClN5O4S. The third kappa shape index (κ3) is 5.32. The normalized spacial score (nSPS) is 18.2. The molecule has 1 saturated heterocycles. The van der Waals surface area contributed by atoms with Crippen molar-refractivity contribution < 1.29 is 13.2 Å². The minimum Gasteiger partial charge on any atom is -0.377 e. The molecule has 9 nitrogen and oxygen atoms in total. The van der Waals surface area contributed by atoms with Crippen LogP contribution in [0.5, 0.6) is 0 Å². The van der Waals surface area contributed by atoms with E-state index in [4.69, 9.17) is 21.3 Å². The van der Waals surface area contributed by atoms with Gasteiger partial charge in [-0.15, -0.1) is 0 Å². The molecule has 1 saturated carbocycles. The van der Waals surface area contributed by atoms with E-state index in [9.17, 15) is 13.2 Å². The third-order valence-electron chi connectivity index (χ3n) is 9.40. The van der Waals surface area contributed by atoms with E-state index in [0.29, 0.717) is 37.6 Å². The van der Waals surface area contributed by atoms with Gasteiger partial charge in [0.05, 0.1) is 29.7 Å². The first-order chi connectivity index (χ1) is 21.8. The summed E-state index contributed by atoms with van der Waals surface area (Å²) in [7, 11) is -4.01. The summed E-state index contributed by atoms with van der Waals surface area (Å²) < 4.78 is 36.2. The second kappa shape index (κ2) is 11.9. The number of aromatic nitrogens is 4. The quantitative estimate of drug-likeness (QED) is 0.197. The van der Waals surface area contributed by atoms with Gasteiger partial charge in [-0.3, -0.25) is 4.79 Å². The Hall–Kier alpha value is -3.73. The van der Waals surface area contributed by atoms with Gasteiger partial charge >= 0.3 is 0 Å². The first-order valence-corrected chi connectivity index (χ1v) is 17.5. The maximum Gasteiger partial charge on any atom is 0.276 e. The van der Waals surface area contributed by atoms with E-state index in [0.717, 1.165) is 37.4 Å². The fourth-order valence-corrected chi connectivity index (χ4v) is 8.53. The van der Waals surface area contributed by atoms with Crippen LogP contribution in [0.4, 0.5) is 5.82 Å². The first kappa shape index (κ1) is 30.0. The molecule has 0 radical (unpaired) electrons. The van der Waals surface area contributed by atoms with Crippen LogP contribution in [0.2, 0.25) is 5.28 Å². The Morgan fingerprint density at radius 1 is 1.00 bits per heavy atom. The molecule has 7 rings (SSSR count). The van der Waals surface area contributed by atoms with Crippen molar-refractivity contribution in [3.05, 3.63) is 82.1 Å². The molecule has 0 spiro atoms. The molecule has 0 bridgehead atoms. The maximum atomic E-state index is 13.8. The van der Waals surface area contributed by atoms with Gasteiger partial charge in [0.2, 0.25) is 5.28 Å². The van der Waals surface area contributed by atoms with E-state index >= 15 is 0 Å². The van der Waals surface area contributed by atoms with Crippen LogP contribution in [0, 0.1) is 12.8 Å². The van der Waals surface area contributed by atoms with Crippen molar-refractivity contribution in [3.63, 3.8) is 0 Å². The van der Waals surface area contributed by atoms with Crippen molar-refractivity contribution in [1.29, 1.82) is 0 Å². The number of hydrogen-bond acceptors (Lipinski definition) is 7. The minimum absolute atomic E-state index is 0.119. The van der Waals surface area contributed by atoms with Gasteiger partial charge in [0.25, 0.3) is 15.6 Å². The molecule has 45 heavy (non-hydrogen) atoms. The van der Waals surface area contributed by atoms with Crippen molar-refractivity contribution in [2.75, 3.05) is 24.7 Å². The third-order valence-corrected chi connectivity index (χ3v) is 11.3. The largest absolute Gasteiger partial charge is 0.377 e. The number of ether oxygens (including phenoxy) is 1. The first-order valence-electron chi connectivity index (χ1n) is 15.6. The Bertz CT molecular complexity index is 2070. The molecule has 4 heterocycles. The van der Waals surface area contributed by atoms with Crippen LogP contribution in [-0.4, -0.2) is 52.7 Å². The zero-order valence-corrected chi connectivity index (χ0v) is 27.0. The van der Waals surface area contributed by atoms with Crippen molar-refractivity contribution in [2.24, 2.45) is 5.92 Å². The van der Waals surface area contributed by atoms with E-state index in [-0.39, 0.29) is 27.3 Å².